The summed E-state index contributed by atoms with van der Waals surface area (Å²) in [6, 6.07) is 7.18. The van der Waals surface area contributed by atoms with Crippen LogP contribution in [0.1, 0.15) is 19.3 Å². The fourth-order valence-electron chi connectivity index (χ4n) is 1.21. The summed E-state index contributed by atoms with van der Waals surface area (Å²) in [5.74, 6) is -0.125. The summed E-state index contributed by atoms with van der Waals surface area (Å²) < 4.78 is 5.01. The highest BCUT2D eigenvalue weighted by Crippen LogP contribution is 2.23. The largest absolute Gasteiger partial charge is 0.497 e. The first-order chi connectivity index (χ1) is 8.11. The van der Waals surface area contributed by atoms with Crippen molar-refractivity contribution in [1.29, 1.82) is 0 Å². The van der Waals surface area contributed by atoms with Crippen LogP contribution >= 0.6 is 11.8 Å². The van der Waals surface area contributed by atoms with Crippen LogP contribution in [0.3, 0.4) is 0 Å². The number of hydrogen-bond acceptors (Lipinski definition) is 4. The maximum absolute atomic E-state index is 11.5. The highest BCUT2D eigenvalue weighted by Gasteiger charge is 2.06. The number of thioether (sulfide) groups is 1. The molecule has 0 unspecified atom stereocenters. The Morgan fingerprint density at radius 2 is 1.88 bits per heavy atom. The summed E-state index contributed by atoms with van der Waals surface area (Å²) >= 11 is 1.13. The van der Waals surface area contributed by atoms with Gasteiger partial charge in [0.1, 0.15) is 5.75 Å². The van der Waals surface area contributed by atoms with E-state index in [0.29, 0.717) is 6.42 Å². The summed E-state index contributed by atoms with van der Waals surface area (Å²) in [7, 11) is 1.58. The molecule has 0 fully saturated rings. The molecule has 0 heterocycles. The number of benzene rings is 1. The normalized spacial score (nSPS) is 9.94. The van der Waals surface area contributed by atoms with Crippen molar-refractivity contribution >= 4 is 22.8 Å². The van der Waals surface area contributed by atoms with Gasteiger partial charge in [-0.3, -0.25) is 9.59 Å². The number of methoxy groups -OCH3 is 1. The average molecular weight is 254 g/mol. The summed E-state index contributed by atoms with van der Waals surface area (Å²) in [5.41, 5.74) is 0. The van der Waals surface area contributed by atoms with Gasteiger partial charge in [0, 0.05) is 17.7 Å². The van der Waals surface area contributed by atoms with Gasteiger partial charge in [0.25, 0.3) is 0 Å². The number of carboxylic acid groups (broad SMARTS) is 1. The predicted octanol–water partition coefficient (Wildman–Crippen LogP) is 2.57. The van der Waals surface area contributed by atoms with Crippen molar-refractivity contribution in [1.82, 2.24) is 0 Å². The minimum Gasteiger partial charge on any atom is -0.497 e. The molecule has 0 aliphatic heterocycles. The number of carbonyl (C=O) groups is 2. The highest BCUT2D eigenvalue weighted by molar-refractivity contribution is 8.13. The number of hydrogen-bond donors (Lipinski definition) is 1. The van der Waals surface area contributed by atoms with Crippen molar-refractivity contribution in [2.24, 2.45) is 0 Å². The molecule has 1 rings (SSSR count). The minimum atomic E-state index is -0.868. The Labute approximate surface area is 104 Å². The zero-order chi connectivity index (χ0) is 12.7. The quantitative estimate of drug-likeness (QED) is 0.790. The van der Waals surface area contributed by atoms with E-state index in [-0.39, 0.29) is 18.0 Å². The summed E-state index contributed by atoms with van der Waals surface area (Å²) in [6.07, 6.45) is 0.704. The maximum Gasteiger partial charge on any atom is 0.303 e. The van der Waals surface area contributed by atoms with Crippen LogP contribution in [0.4, 0.5) is 0 Å². The molecule has 5 heteroatoms. The van der Waals surface area contributed by atoms with Crippen LogP contribution in [0.5, 0.6) is 5.75 Å². The molecule has 0 atom stereocenters. The molecule has 1 aromatic carbocycles. The molecule has 0 aliphatic carbocycles. The molecule has 0 spiro atoms. The molecular formula is C12H14O4S. The smallest absolute Gasteiger partial charge is 0.303 e. The first-order valence-corrected chi connectivity index (χ1v) is 6.00. The van der Waals surface area contributed by atoms with E-state index in [1.807, 2.05) is 0 Å². The van der Waals surface area contributed by atoms with E-state index < -0.39 is 5.97 Å². The SMILES string of the molecule is COc1ccc(SC(=O)CCCC(=O)O)cc1. The summed E-state index contributed by atoms with van der Waals surface area (Å²) in [5, 5.41) is 8.42. The highest BCUT2D eigenvalue weighted by atomic mass is 32.2. The van der Waals surface area contributed by atoms with E-state index in [1.165, 1.54) is 0 Å². The lowest BCUT2D eigenvalue weighted by Crippen LogP contribution is -1.97. The molecule has 4 nitrogen and oxygen atoms in total. The molecule has 1 aromatic rings. The lowest BCUT2D eigenvalue weighted by Gasteiger charge is -2.02. The second kappa shape index (κ2) is 6.96. The molecule has 0 amide bonds. The number of carbonyl (C=O) groups excluding carboxylic acids is 1. The van der Waals surface area contributed by atoms with Gasteiger partial charge in [-0.15, -0.1) is 0 Å². The van der Waals surface area contributed by atoms with Crippen LogP contribution in [0.15, 0.2) is 29.2 Å². The molecule has 17 heavy (non-hydrogen) atoms. The standard InChI is InChI=1S/C12H14O4S/c1-16-9-5-7-10(8-6-9)17-12(15)4-2-3-11(13)14/h5-8H,2-4H2,1H3,(H,13,14). The maximum atomic E-state index is 11.5. The third-order valence-electron chi connectivity index (χ3n) is 2.06. The second-order valence-electron chi connectivity index (χ2n) is 3.40. The van der Waals surface area contributed by atoms with Crippen LogP contribution < -0.4 is 4.74 Å². The van der Waals surface area contributed by atoms with Gasteiger partial charge in [-0.05, 0) is 30.7 Å². The first-order valence-electron chi connectivity index (χ1n) is 5.18. The Morgan fingerprint density at radius 3 is 2.41 bits per heavy atom. The van der Waals surface area contributed by atoms with E-state index in [9.17, 15) is 9.59 Å². The lowest BCUT2D eigenvalue weighted by atomic mass is 10.2. The van der Waals surface area contributed by atoms with Crippen molar-refractivity contribution in [2.75, 3.05) is 7.11 Å². The molecule has 0 aromatic heterocycles. The van der Waals surface area contributed by atoms with Crippen molar-refractivity contribution in [3.8, 4) is 5.75 Å². The van der Waals surface area contributed by atoms with Gasteiger partial charge in [0.15, 0.2) is 5.12 Å². The fraction of sp³-hybridized carbons (Fsp3) is 0.333. The fourth-order valence-corrected chi connectivity index (χ4v) is 1.99. The number of carboxylic acids is 1. The van der Waals surface area contributed by atoms with Crippen molar-refractivity contribution in [3.63, 3.8) is 0 Å². The van der Waals surface area contributed by atoms with Crippen LogP contribution in [0.2, 0.25) is 0 Å². The lowest BCUT2D eigenvalue weighted by molar-refractivity contribution is -0.137. The number of ether oxygens (including phenoxy) is 1. The van der Waals surface area contributed by atoms with E-state index in [2.05, 4.69) is 0 Å². The van der Waals surface area contributed by atoms with Crippen molar-refractivity contribution in [2.45, 2.75) is 24.2 Å². The predicted molar refractivity (Wildman–Crippen MR) is 65.3 cm³/mol. The van der Waals surface area contributed by atoms with Gasteiger partial charge in [0.05, 0.1) is 7.11 Å². The van der Waals surface area contributed by atoms with Gasteiger partial charge in [-0.2, -0.15) is 0 Å². The second-order valence-corrected chi connectivity index (χ2v) is 4.53. The van der Waals surface area contributed by atoms with Gasteiger partial charge in [-0.1, -0.05) is 11.8 Å². The van der Waals surface area contributed by atoms with Crippen molar-refractivity contribution < 1.29 is 19.4 Å². The van der Waals surface area contributed by atoms with E-state index in [4.69, 9.17) is 9.84 Å². The van der Waals surface area contributed by atoms with Crippen molar-refractivity contribution in [3.05, 3.63) is 24.3 Å². The minimum absolute atomic E-state index is 0.0172. The van der Waals surface area contributed by atoms with Crippen LogP contribution in [0.25, 0.3) is 0 Å². The molecule has 0 saturated carbocycles. The average Bonchev–Trinajstić information content (AvgIpc) is 2.29. The molecule has 0 saturated heterocycles. The third kappa shape index (κ3) is 5.40. The van der Waals surface area contributed by atoms with Gasteiger partial charge < -0.3 is 9.84 Å². The van der Waals surface area contributed by atoms with Crippen LogP contribution in [-0.4, -0.2) is 23.3 Å². The van der Waals surface area contributed by atoms with E-state index >= 15 is 0 Å². The van der Waals surface area contributed by atoms with Crippen LogP contribution in [-0.2, 0) is 9.59 Å². The molecule has 92 valence electrons. The zero-order valence-electron chi connectivity index (χ0n) is 9.51. The Hall–Kier alpha value is -1.49. The molecule has 0 radical (unpaired) electrons. The Balaban J connectivity index is 2.37. The first kappa shape index (κ1) is 13.6. The van der Waals surface area contributed by atoms with Gasteiger partial charge in [0.2, 0.25) is 0 Å². The van der Waals surface area contributed by atoms with Gasteiger partial charge >= 0.3 is 5.97 Å². The van der Waals surface area contributed by atoms with E-state index in [1.54, 1.807) is 31.4 Å². The Bertz CT molecular complexity index is 386. The molecule has 0 bridgehead atoms. The molecule has 1 N–H and O–H groups in total. The molecular weight excluding hydrogens is 240 g/mol. The third-order valence-corrected chi connectivity index (χ3v) is 3.00. The topological polar surface area (TPSA) is 63.6 Å². The Kier molecular flexibility index (Phi) is 5.56. The number of rotatable bonds is 6. The van der Waals surface area contributed by atoms with E-state index in [0.717, 1.165) is 22.4 Å². The molecule has 0 aliphatic rings. The zero-order valence-corrected chi connectivity index (χ0v) is 10.3. The summed E-state index contributed by atoms with van der Waals surface area (Å²) in [4.78, 5) is 22.6. The van der Waals surface area contributed by atoms with Gasteiger partial charge in [-0.25, -0.2) is 0 Å². The van der Waals surface area contributed by atoms with Crippen LogP contribution in [0, 0.1) is 0 Å². The number of aliphatic carboxylic acids is 1. The monoisotopic (exact) mass is 254 g/mol. The summed E-state index contributed by atoms with van der Waals surface area (Å²) in [6.45, 7) is 0. The Morgan fingerprint density at radius 1 is 1.24 bits per heavy atom.